The van der Waals surface area contributed by atoms with E-state index in [1.165, 1.54) is 0 Å². The second-order valence-electron chi connectivity index (χ2n) is 7.66. The SMILES string of the molecule is O=C(c1cc(C2CC2)on1)N1CCN(C(=O)c2cnn3c2CCCC3)CC1. The van der Waals surface area contributed by atoms with Gasteiger partial charge in [0, 0.05) is 44.7 Å². The summed E-state index contributed by atoms with van der Waals surface area (Å²) in [5.41, 5.74) is 2.15. The molecule has 1 saturated carbocycles. The van der Waals surface area contributed by atoms with Crippen molar-refractivity contribution < 1.29 is 14.1 Å². The van der Waals surface area contributed by atoms with E-state index < -0.39 is 0 Å². The maximum Gasteiger partial charge on any atom is 0.276 e. The van der Waals surface area contributed by atoms with Gasteiger partial charge in [-0.25, -0.2) is 0 Å². The van der Waals surface area contributed by atoms with Crippen LogP contribution < -0.4 is 0 Å². The summed E-state index contributed by atoms with van der Waals surface area (Å²) in [5.74, 6) is 1.18. The molecule has 8 nitrogen and oxygen atoms in total. The van der Waals surface area contributed by atoms with Crippen LogP contribution in [0.1, 0.15) is 63.9 Å². The normalized spacial score (nSPS) is 19.9. The average molecular weight is 369 g/mol. The summed E-state index contributed by atoms with van der Waals surface area (Å²) < 4.78 is 7.25. The fourth-order valence-corrected chi connectivity index (χ4v) is 4.00. The van der Waals surface area contributed by atoms with Crippen molar-refractivity contribution in [2.45, 2.75) is 44.6 Å². The molecule has 0 bridgehead atoms. The zero-order valence-corrected chi connectivity index (χ0v) is 15.3. The maximum atomic E-state index is 12.9. The van der Waals surface area contributed by atoms with Gasteiger partial charge in [-0.1, -0.05) is 5.16 Å². The first-order valence-electron chi connectivity index (χ1n) is 9.80. The van der Waals surface area contributed by atoms with E-state index in [2.05, 4.69) is 10.3 Å². The molecular formula is C19H23N5O3. The van der Waals surface area contributed by atoms with Crippen molar-refractivity contribution in [2.24, 2.45) is 0 Å². The highest BCUT2D eigenvalue weighted by molar-refractivity contribution is 5.96. The molecule has 142 valence electrons. The highest BCUT2D eigenvalue weighted by Crippen LogP contribution is 2.40. The Bertz CT molecular complexity index is 874. The molecule has 0 spiro atoms. The van der Waals surface area contributed by atoms with Gasteiger partial charge in [0.25, 0.3) is 11.8 Å². The lowest BCUT2D eigenvalue weighted by atomic mass is 10.1. The number of hydrogen-bond donors (Lipinski definition) is 0. The van der Waals surface area contributed by atoms with Gasteiger partial charge in [-0.15, -0.1) is 0 Å². The number of hydrogen-bond acceptors (Lipinski definition) is 5. The molecule has 2 aromatic heterocycles. The summed E-state index contributed by atoms with van der Waals surface area (Å²) in [4.78, 5) is 29.1. The summed E-state index contributed by atoms with van der Waals surface area (Å²) in [7, 11) is 0. The van der Waals surface area contributed by atoms with E-state index in [0.29, 0.717) is 37.8 Å². The number of aromatic nitrogens is 3. The summed E-state index contributed by atoms with van der Waals surface area (Å²) in [6.07, 6.45) is 7.07. The first kappa shape index (κ1) is 16.5. The first-order chi connectivity index (χ1) is 13.2. The lowest BCUT2D eigenvalue weighted by molar-refractivity contribution is 0.0529. The Morgan fingerprint density at radius 1 is 1.00 bits per heavy atom. The molecule has 0 atom stereocenters. The molecule has 1 saturated heterocycles. The largest absolute Gasteiger partial charge is 0.360 e. The molecular weight excluding hydrogens is 346 g/mol. The van der Waals surface area contributed by atoms with E-state index in [1.54, 1.807) is 17.2 Å². The van der Waals surface area contributed by atoms with E-state index in [-0.39, 0.29) is 11.8 Å². The minimum absolute atomic E-state index is 0.0303. The summed E-state index contributed by atoms with van der Waals surface area (Å²) in [6, 6.07) is 1.77. The minimum atomic E-state index is -0.110. The number of piperazine rings is 1. The van der Waals surface area contributed by atoms with Gasteiger partial charge in [0.05, 0.1) is 17.5 Å². The Hall–Kier alpha value is -2.64. The molecule has 2 aliphatic heterocycles. The van der Waals surface area contributed by atoms with Crippen molar-refractivity contribution in [3.8, 4) is 0 Å². The van der Waals surface area contributed by atoms with Crippen molar-refractivity contribution >= 4 is 11.8 Å². The zero-order chi connectivity index (χ0) is 18.4. The molecule has 0 N–H and O–H groups in total. The number of fused-ring (bicyclic) bond motifs is 1. The van der Waals surface area contributed by atoms with Gasteiger partial charge in [0.15, 0.2) is 5.69 Å². The van der Waals surface area contributed by atoms with Crippen molar-refractivity contribution in [3.05, 3.63) is 35.0 Å². The molecule has 8 heteroatoms. The molecule has 0 radical (unpaired) electrons. The van der Waals surface area contributed by atoms with Crippen molar-refractivity contribution in [2.75, 3.05) is 26.2 Å². The zero-order valence-electron chi connectivity index (χ0n) is 15.3. The predicted octanol–water partition coefficient (Wildman–Crippen LogP) is 1.68. The molecule has 2 amide bonds. The average Bonchev–Trinajstić information content (AvgIpc) is 3.29. The molecule has 1 aliphatic carbocycles. The van der Waals surface area contributed by atoms with Crippen LogP contribution in [-0.4, -0.2) is 62.7 Å². The van der Waals surface area contributed by atoms with Gasteiger partial charge in [-0.05, 0) is 32.1 Å². The highest BCUT2D eigenvalue weighted by Gasteiger charge is 2.32. The van der Waals surface area contributed by atoms with Gasteiger partial charge in [0.2, 0.25) is 0 Å². The summed E-state index contributed by atoms with van der Waals surface area (Å²) in [5, 5.41) is 8.30. The number of carbonyl (C=O) groups excluding carboxylic acids is 2. The van der Waals surface area contributed by atoms with E-state index in [4.69, 9.17) is 4.52 Å². The minimum Gasteiger partial charge on any atom is -0.360 e. The fraction of sp³-hybridized carbons (Fsp3) is 0.579. The number of rotatable bonds is 3. The van der Waals surface area contributed by atoms with Crippen LogP contribution in [0, 0.1) is 0 Å². The fourth-order valence-electron chi connectivity index (χ4n) is 4.00. The molecule has 2 aromatic rings. The molecule has 4 heterocycles. The quantitative estimate of drug-likeness (QED) is 0.822. The molecule has 3 aliphatic rings. The Labute approximate surface area is 157 Å². The third kappa shape index (κ3) is 3.02. The Morgan fingerprint density at radius 3 is 2.48 bits per heavy atom. The van der Waals surface area contributed by atoms with Crippen LogP contribution >= 0.6 is 0 Å². The van der Waals surface area contributed by atoms with Crippen LogP contribution in [0.2, 0.25) is 0 Å². The smallest absolute Gasteiger partial charge is 0.276 e. The van der Waals surface area contributed by atoms with Gasteiger partial charge >= 0.3 is 0 Å². The second kappa shape index (κ2) is 6.51. The predicted molar refractivity (Wildman–Crippen MR) is 95.5 cm³/mol. The van der Waals surface area contributed by atoms with Gasteiger partial charge in [-0.2, -0.15) is 5.10 Å². The Kier molecular flexibility index (Phi) is 3.98. The second-order valence-corrected chi connectivity index (χ2v) is 7.66. The number of aryl methyl sites for hydroxylation is 1. The van der Waals surface area contributed by atoms with Crippen LogP contribution in [0.4, 0.5) is 0 Å². The summed E-state index contributed by atoms with van der Waals surface area (Å²) in [6.45, 7) is 2.98. The first-order valence-corrected chi connectivity index (χ1v) is 9.80. The van der Waals surface area contributed by atoms with Crippen LogP contribution in [0.3, 0.4) is 0 Å². The van der Waals surface area contributed by atoms with Gasteiger partial charge in [-0.3, -0.25) is 14.3 Å². The van der Waals surface area contributed by atoms with Crippen molar-refractivity contribution in [3.63, 3.8) is 0 Å². The lowest BCUT2D eigenvalue weighted by Gasteiger charge is -2.34. The Balaban J connectivity index is 1.22. The molecule has 5 rings (SSSR count). The van der Waals surface area contributed by atoms with Crippen molar-refractivity contribution in [1.29, 1.82) is 0 Å². The molecule has 27 heavy (non-hydrogen) atoms. The molecule has 0 unspecified atom stereocenters. The monoisotopic (exact) mass is 369 g/mol. The number of nitrogens with zero attached hydrogens (tertiary/aromatic N) is 5. The van der Waals surface area contributed by atoms with E-state index >= 15 is 0 Å². The molecule has 0 aromatic carbocycles. The highest BCUT2D eigenvalue weighted by atomic mass is 16.5. The number of carbonyl (C=O) groups is 2. The lowest BCUT2D eigenvalue weighted by Crippen LogP contribution is -2.50. The van der Waals surface area contributed by atoms with Crippen LogP contribution in [0.5, 0.6) is 0 Å². The van der Waals surface area contributed by atoms with Gasteiger partial charge in [0.1, 0.15) is 5.76 Å². The summed E-state index contributed by atoms with van der Waals surface area (Å²) >= 11 is 0. The third-order valence-corrected chi connectivity index (χ3v) is 5.79. The Morgan fingerprint density at radius 2 is 1.74 bits per heavy atom. The van der Waals surface area contributed by atoms with E-state index in [9.17, 15) is 9.59 Å². The van der Waals surface area contributed by atoms with Crippen molar-refractivity contribution in [1.82, 2.24) is 24.7 Å². The van der Waals surface area contributed by atoms with E-state index in [0.717, 1.165) is 55.7 Å². The topological polar surface area (TPSA) is 84.5 Å². The van der Waals surface area contributed by atoms with Crippen LogP contribution in [0.15, 0.2) is 16.8 Å². The third-order valence-electron chi connectivity index (χ3n) is 5.79. The maximum absolute atomic E-state index is 12.9. The standard InChI is InChI=1S/C19H23N5O3/c25-18(14-12-20-24-6-2-1-3-16(14)24)22-7-9-23(10-8-22)19(26)15-11-17(27-21-15)13-4-5-13/h11-13H,1-10H2. The van der Waals surface area contributed by atoms with Gasteiger partial charge < -0.3 is 14.3 Å². The van der Waals surface area contributed by atoms with Crippen LogP contribution in [0.25, 0.3) is 0 Å². The van der Waals surface area contributed by atoms with E-state index in [1.807, 2.05) is 9.58 Å². The molecule has 2 fully saturated rings. The number of amides is 2. The van der Waals surface area contributed by atoms with Crippen LogP contribution in [-0.2, 0) is 13.0 Å².